The molecule has 1 aliphatic heterocycles. The third kappa shape index (κ3) is 3.12. The van der Waals surface area contributed by atoms with Crippen molar-refractivity contribution in [1.82, 2.24) is 0 Å². The van der Waals surface area contributed by atoms with Gasteiger partial charge in [-0.2, -0.15) is 0 Å². The molecule has 0 unspecified atom stereocenters. The summed E-state index contributed by atoms with van der Waals surface area (Å²) in [6.07, 6.45) is 0. The zero-order valence-electron chi connectivity index (χ0n) is 13.9. The number of hydrogen-bond donors (Lipinski definition) is 0. The fraction of sp³-hybridized carbons (Fsp3) is 0.278. The highest BCUT2D eigenvalue weighted by atomic mass is 35.5. The van der Waals surface area contributed by atoms with Crippen LogP contribution in [0.25, 0.3) is 0 Å². The number of benzene rings is 2. The normalized spacial score (nSPS) is 13.8. The summed E-state index contributed by atoms with van der Waals surface area (Å²) in [7, 11) is 5.51. The lowest BCUT2D eigenvalue weighted by atomic mass is 10.1. The number of hydrogen-bond acceptors (Lipinski definition) is 4. The van der Waals surface area contributed by atoms with Gasteiger partial charge in [-0.25, -0.2) is 0 Å². The zero-order chi connectivity index (χ0) is 17.3. The van der Waals surface area contributed by atoms with Crippen LogP contribution in [0.5, 0.6) is 11.5 Å². The number of carbonyl (C=O) groups excluding carboxylic acids is 1. The second-order valence-electron chi connectivity index (χ2n) is 5.78. The molecule has 1 aliphatic rings. The van der Waals surface area contributed by atoms with Crippen molar-refractivity contribution < 1.29 is 14.3 Å². The molecule has 126 valence electrons. The summed E-state index contributed by atoms with van der Waals surface area (Å²) in [6.45, 7) is 0.340. The molecule has 0 bridgehead atoms. The lowest BCUT2D eigenvalue weighted by Gasteiger charge is -2.21. The molecule has 0 saturated heterocycles. The van der Waals surface area contributed by atoms with Crippen LogP contribution in [0.4, 0.5) is 11.4 Å². The Kier molecular flexibility index (Phi) is 4.53. The molecule has 0 spiro atoms. The predicted molar refractivity (Wildman–Crippen MR) is 95.5 cm³/mol. The van der Waals surface area contributed by atoms with Crippen molar-refractivity contribution in [1.29, 1.82) is 0 Å². The van der Waals surface area contributed by atoms with Gasteiger partial charge < -0.3 is 19.3 Å². The van der Waals surface area contributed by atoms with E-state index in [1.165, 1.54) is 0 Å². The molecule has 0 aliphatic carbocycles. The third-order valence-corrected chi connectivity index (χ3v) is 4.18. The molecule has 0 fully saturated rings. The number of nitrogens with zero attached hydrogens (tertiary/aromatic N) is 2. The molecule has 1 heterocycles. The molecular formula is C18H19ClN2O3. The molecule has 1 amide bonds. The molecule has 0 N–H and O–H groups in total. The van der Waals surface area contributed by atoms with Crippen molar-refractivity contribution in [2.45, 2.75) is 6.54 Å². The minimum Gasteiger partial charge on any atom is -0.493 e. The largest absolute Gasteiger partial charge is 0.493 e. The van der Waals surface area contributed by atoms with Gasteiger partial charge in [-0.3, -0.25) is 4.79 Å². The molecule has 3 rings (SSSR count). The maximum absolute atomic E-state index is 12.5. The summed E-state index contributed by atoms with van der Waals surface area (Å²) >= 11 is 6.16. The Labute approximate surface area is 146 Å². The van der Waals surface area contributed by atoms with Crippen LogP contribution in [0.1, 0.15) is 5.56 Å². The van der Waals surface area contributed by atoms with Crippen molar-refractivity contribution in [2.24, 2.45) is 0 Å². The Morgan fingerprint density at radius 2 is 1.92 bits per heavy atom. The maximum Gasteiger partial charge on any atom is 0.265 e. The molecule has 0 aromatic heterocycles. The topological polar surface area (TPSA) is 42.0 Å². The van der Waals surface area contributed by atoms with Crippen LogP contribution in [-0.4, -0.2) is 33.7 Å². The molecule has 0 atom stereocenters. The van der Waals surface area contributed by atoms with Gasteiger partial charge in [-0.1, -0.05) is 11.6 Å². The Hall–Kier alpha value is -2.40. The van der Waals surface area contributed by atoms with Crippen molar-refractivity contribution in [3.63, 3.8) is 0 Å². The molecular weight excluding hydrogens is 328 g/mol. The Morgan fingerprint density at radius 1 is 1.21 bits per heavy atom. The number of ether oxygens (including phenoxy) is 2. The van der Waals surface area contributed by atoms with E-state index in [-0.39, 0.29) is 12.5 Å². The smallest absolute Gasteiger partial charge is 0.265 e. The Balaban J connectivity index is 1.97. The minimum atomic E-state index is -0.109. The van der Waals surface area contributed by atoms with E-state index < -0.39 is 0 Å². The van der Waals surface area contributed by atoms with E-state index in [1.807, 2.05) is 43.3 Å². The number of fused-ring (bicyclic) bond motifs is 1. The van der Waals surface area contributed by atoms with Crippen molar-refractivity contribution >= 4 is 28.9 Å². The Bertz CT molecular complexity index is 760. The number of anilines is 2. The van der Waals surface area contributed by atoms with Crippen LogP contribution < -0.4 is 19.3 Å². The van der Waals surface area contributed by atoms with Crippen molar-refractivity contribution in [3.8, 4) is 11.5 Å². The van der Waals surface area contributed by atoms with E-state index in [0.29, 0.717) is 23.1 Å². The minimum absolute atomic E-state index is 0.0412. The summed E-state index contributed by atoms with van der Waals surface area (Å²) in [4.78, 5) is 16.2. The second-order valence-corrected chi connectivity index (χ2v) is 6.21. The van der Waals surface area contributed by atoms with Crippen molar-refractivity contribution in [2.75, 3.05) is 37.6 Å². The van der Waals surface area contributed by atoms with Gasteiger partial charge in [0.25, 0.3) is 5.91 Å². The molecule has 2 aromatic rings. The van der Waals surface area contributed by atoms with Gasteiger partial charge >= 0.3 is 0 Å². The summed E-state index contributed by atoms with van der Waals surface area (Å²) in [5, 5.41) is 0.548. The van der Waals surface area contributed by atoms with Crippen LogP contribution in [0.3, 0.4) is 0 Å². The third-order valence-electron chi connectivity index (χ3n) is 3.96. The first-order chi connectivity index (χ1) is 11.5. The first kappa shape index (κ1) is 16.5. The fourth-order valence-electron chi connectivity index (χ4n) is 2.69. The SMILES string of the molecule is COc1cc(Cl)cc2c1OCC(=O)N(c1ccc(N(C)C)cc1)C2. The molecule has 2 aromatic carbocycles. The average Bonchev–Trinajstić information content (AvgIpc) is 2.73. The van der Waals surface area contributed by atoms with E-state index in [4.69, 9.17) is 21.1 Å². The number of methoxy groups -OCH3 is 1. The van der Waals surface area contributed by atoms with Gasteiger partial charge in [-0.05, 0) is 30.3 Å². The fourth-order valence-corrected chi connectivity index (χ4v) is 2.92. The number of rotatable bonds is 3. The highest BCUT2D eigenvalue weighted by Crippen LogP contribution is 2.37. The summed E-state index contributed by atoms with van der Waals surface area (Å²) in [5.74, 6) is 1.000. The van der Waals surface area contributed by atoms with Crippen LogP contribution in [0, 0.1) is 0 Å². The lowest BCUT2D eigenvalue weighted by molar-refractivity contribution is -0.120. The number of halogens is 1. The predicted octanol–water partition coefficient (Wildman–Crippen LogP) is 3.34. The number of amides is 1. The molecule has 6 heteroatoms. The first-order valence-corrected chi connectivity index (χ1v) is 7.94. The van der Waals surface area contributed by atoms with E-state index >= 15 is 0 Å². The van der Waals surface area contributed by atoms with Crippen LogP contribution in [0.15, 0.2) is 36.4 Å². The van der Waals surface area contributed by atoms with E-state index in [0.717, 1.165) is 16.9 Å². The monoisotopic (exact) mass is 346 g/mol. The highest BCUT2D eigenvalue weighted by Gasteiger charge is 2.25. The number of carbonyl (C=O) groups is 1. The lowest BCUT2D eigenvalue weighted by Crippen LogP contribution is -2.32. The van der Waals surface area contributed by atoms with Gasteiger partial charge in [-0.15, -0.1) is 0 Å². The highest BCUT2D eigenvalue weighted by molar-refractivity contribution is 6.30. The Morgan fingerprint density at radius 3 is 2.54 bits per heavy atom. The first-order valence-electron chi connectivity index (χ1n) is 7.56. The van der Waals surface area contributed by atoms with Gasteiger partial charge in [0.1, 0.15) is 0 Å². The van der Waals surface area contributed by atoms with E-state index in [9.17, 15) is 4.79 Å². The van der Waals surface area contributed by atoms with Gasteiger partial charge in [0.05, 0.1) is 13.7 Å². The molecule has 24 heavy (non-hydrogen) atoms. The van der Waals surface area contributed by atoms with Gasteiger partial charge in [0.2, 0.25) is 0 Å². The summed E-state index contributed by atoms with van der Waals surface area (Å²) in [5.41, 5.74) is 2.71. The van der Waals surface area contributed by atoms with Crippen LogP contribution >= 0.6 is 11.6 Å². The molecule has 0 saturated carbocycles. The van der Waals surface area contributed by atoms with Crippen LogP contribution in [-0.2, 0) is 11.3 Å². The summed E-state index contributed by atoms with van der Waals surface area (Å²) < 4.78 is 11.0. The summed E-state index contributed by atoms with van der Waals surface area (Å²) in [6, 6.07) is 11.3. The molecule has 5 nitrogen and oxygen atoms in total. The van der Waals surface area contributed by atoms with Crippen molar-refractivity contribution in [3.05, 3.63) is 47.0 Å². The molecule has 0 radical (unpaired) electrons. The maximum atomic E-state index is 12.5. The average molecular weight is 347 g/mol. The van der Waals surface area contributed by atoms with E-state index in [2.05, 4.69) is 0 Å². The standard InChI is InChI=1S/C18H19ClN2O3/c1-20(2)14-4-6-15(7-5-14)21-10-12-8-13(19)9-16(23-3)18(12)24-11-17(21)22/h4-9H,10-11H2,1-3H3. The second kappa shape index (κ2) is 6.61. The van der Waals surface area contributed by atoms with E-state index in [1.54, 1.807) is 24.1 Å². The zero-order valence-corrected chi connectivity index (χ0v) is 14.6. The van der Waals surface area contributed by atoms with Crippen LogP contribution in [0.2, 0.25) is 5.02 Å². The quantitative estimate of drug-likeness (QED) is 0.854. The van der Waals surface area contributed by atoms with Gasteiger partial charge in [0, 0.05) is 42.1 Å². The van der Waals surface area contributed by atoms with Gasteiger partial charge in [0.15, 0.2) is 18.1 Å².